The molecule has 2 aromatic heterocycles. The van der Waals surface area contributed by atoms with Gasteiger partial charge in [-0.15, -0.1) is 0 Å². The summed E-state index contributed by atoms with van der Waals surface area (Å²) in [6.07, 6.45) is 3.39. The third kappa shape index (κ3) is 2.67. The number of hydrogen-bond donors (Lipinski definition) is 1. The fraction of sp³-hybridized carbons (Fsp3) is 0. The van der Waals surface area contributed by atoms with Gasteiger partial charge in [0.05, 0.1) is 9.99 Å². The summed E-state index contributed by atoms with van der Waals surface area (Å²) < 4.78 is 0.753. The van der Waals surface area contributed by atoms with Gasteiger partial charge < -0.3 is 5.32 Å². The smallest absolute Gasteiger partial charge is 0.224 e. The minimum Gasteiger partial charge on any atom is -0.339 e. The maximum atomic E-state index is 5.79. The first kappa shape index (κ1) is 12.3. The number of anilines is 2. The third-order valence-corrected chi connectivity index (χ3v) is 3.34. The van der Waals surface area contributed by atoms with Gasteiger partial charge in [-0.2, -0.15) is 4.98 Å². The second kappa shape index (κ2) is 5.11. The molecular weight excluding hydrogens is 328 g/mol. The summed E-state index contributed by atoms with van der Waals surface area (Å²) >= 11 is 9.16. The van der Waals surface area contributed by atoms with Crippen molar-refractivity contribution in [1.29, 1.82) is 0 Å². The molecule has 0 atom stereocenters. The van der Waals surface area contributed by atoms with E-state index < -0.39 is 0 Å². The Labute approximate surface area is 123 Å². The van der Waals surface area contributed by atoms with Crippen LogP contribution in [-0.2, 0) is 0 Å². The van der Waals surface area contributed by atoms with E-state index in [9.17, 15) is 0 Å². The van der Waals surface area contributed by atoms with Crippen LogP contribution in [-0.4, -0.2) is 15.0 Å². The molecule has 0 fully saturated rings. The number of nitrogens with one attached hydrogen (secondary N) is 1. The lowest BCUT2D eigenvalue weighted by atomic mass is 10.2. The zero-order chi connectivity index (χ0) is 13.2. The first-order valence-electron chi connectivity index (χ1n) is 5.52. The number of nitrogens with zero attached hydrogens (tertiary/aromatic N) is 3. The van der Waals surface area contributed by atoms with Gasteiger partial charge in [-0.1, -0.05) is 6.07 Å². The predicted molar refractivity (Wildman–Crippen MR) is 79.8 cm³/mol. The molecule has 1 N–H and O–H groups in total. The predicted octanol–water partition coefficient (Wildman–Crippen LogP) is 4.18. The molecule has 3 aromatic rings. The van der Waals surface area contributed by atoms with Crippen molar-refractivity contribution in [1.82, 2.24) is 15.0 Å². The van der Waals surface area contributed by atoms with Crippen molar-refractivity contribution in [2.45, 2.75) is 0 Å². The Hall–Kier alpha value is -1.72. The largest absolute Gasteiger partial charge is 0.339 e. The minimum absolute atomic E-state index is 0.202. The fourth-order valence-corrected chi connectivity index (χ4v) is 2.15. The van der Waals surface area contributed by atoms with Crippen molar-refractivity contribution in [3.8, 4) is 0 Å². The van der Waals surface area contributed by atoms with E-state index in [1.807, 2.05) is 30.3 Å². The molecule has 0 radical (unpaired) electrons. The maximum absolute atomic E-state index is 5.79. The SMILES string of the molecule is Clc1ncc(Br)c(Nc2ccc3ncccc3c2)n1. The van der Waals surface area contributed by atoms with Crippen LogP contribution >= 0.6 is 27.5 Å². The average Bonchev–Trinajstić information content (AvgIpc) is 2.43. The topological polar surface area (TPSA) is 50.7 Å². The lowest BCUT2D eigenvalue weighted by Gasteiger charge is -2.08. The molecule has 94 valence electrons. The van der Waals surface area contributed by atoms with Crippen LogP contribution in [0.1, 0.15) is 0 Å². The Morgan fingerprint density at radius 2 is 2.05 bits per heavy atom. The second-order valence-electron chi connectivity index (χ2n) is 3.87. The zero-order valence-corrected chi connectivity index (χ0v) is 12.0. The van der Waals surface area contributed by atoms with Gasteiger partial charge >= 0.3 is 0 Å². The van der Waals surface area contributed by atoms with E-state index in [-0.39, 0.29) is 5.28 Å². The van der Waals surface area contributed by atoms with Crippen molar-refractivity contribution >= 4 is 49.9 Å². The molecule has 0 saturated carbocycles. The highest BCUT2D eigenvalue weighted by molar-refractivity contribution is 9.10. The van der Waals surface area contributed by atoms with Crippen LogP contribution in [0.3, 0.4) is 0 Å². The normalized spacial score (nSPS) is 10.6. The molecule has 0 bridgehead atoms. The highest BCUT2D eigenvalue weighted by Crippen LogP contribution is 2.25. The number of aromatic nitrogens is 3. The zero-order valence-electron chi connectivity index (χ0n) is 9.64. The molecule has 0 aliphatic carbocycles. The molecule has 19 heavy (non-hydrogen) atoms. The Morgan fingerprint density at radius 3 is 2.95 bits per heavy atom. The van der Waals surface area contributed by atoms with Crippen LogP contribution in [0.2, 0.25) is 5.28 Å². The van der Waals surface area contributed by atoms with Crippen LogP contribution < -0.4 is 5.32 Å². The van der Waals surface area contributed by atoms with Crippen LogP contribution in [0.25, 0.3) is 10.9 Å². The Bertz CT molecular complexity index is 748. The Morgan fingerprint density at radius 1 is 1.16 bits per heavy atom. The Balaban J connectivity index is 1.98. The van der Waals surface area contributed by atoms with Gasteiger partial charge in [0.15, 0.2) is 0 Å². The number of rotatable bonds is 2. The van der Waals surface area contributed by atoms with Gasteiger partial charge in [-0.05, 0) is 51.8 Å². The molecule has 4 nitrogen and oxygen atoms in total. The van der Waals surface area contributed by atoms with Crippen molar-refractivity contribution in [2.24, 2.45) is 0 Å². The van der Waals surface area contributed by atoms with E-state index in [0.29, 0.717) is 5.82 Å². The van der Waals surface area contributed by atoms with Gasteiger partial charge in [-0.3, -0.25) is 4.98 Å². The summed E-state index contributed by atoms with van der Waals surface area (Å²) in [4.78, 5) is 12.3. The lowest BCUT2D eigenvalue weighted by Crippen LogP contribution is -1.96. The minimum atomic E-state index is 0.202. The van der Waals surface area contributed by atoms with Gasteiger partial charge in [0, 0.05) is 23.5 Å². The molecule has 1 aromatic carbocycles. The van der Waals surface area contributed by atoms with Crippen molar-refractivity contribution in [2.75, 3.05) is 5.32 Å². The highest BCUT2D eigenvalue weighted by Gasteiger charge is 2.05. The summed E-state index contributed by atoms with van der Waals surface area (Å²) in [7, 11) is 0. The number of hydrogen-bond acceptors (Lipinski definition) is 4. The standard InChI is InChI=1S/C13H8BrClN4/c14-10-7-17-13(15)19-12(10)18-9-3-4-11-8(6-9)2-1-5-16-11/h1-7H,(H,17,18,19). The monoisotopic (exact) mass is 334 g/mol. The van der Waals surface area contributed by atoms with Crippen LogP contribution in [0, 0.1) is 0 Å². The first-order valence-corrected chi connectivity index (χ1v) is 6.69. The van der Waals surface area contributed by atoms with E-state index >= 15 is 0 Å². The molecule has 3 rings (SSSR count). The highest BCUT2D eigenvalue weighted by atomic mass is 79.9. The number of fused-ring (bicyclic) bond motifs is 1. The molecule has 0 spiro atoms. The van der Waals surface area contributed by atoms with Crippen LogP contribution in [0.15, 0.2) is 47.2 Å². The second-order valence-corrected chi connectivity index (χ2v) is 5.06. The van der Waals surface area contributed by atoms with E-state index in [1.165, 1.54) is 0 Å². The molecule has 0 aliphatic rings. The van der Waals surface area contributed by atoms with E-state index in [2.05, 4.69) is 36.2 Å². The molecule has 0 aliphatic heterocycles. The van der Waals surface area contributed by atoms with Crippen molar-refractivity contribution in [3.05, 3.63) is 52.5 Å². The summed E-state index contributed by atoms with van der Waals surface area (Å²) in [5.74, 6) is 0.628. The van der Waals surface area contributed by atoms with Gasteiger partial charge in [-0.25, -0.2) is 4.98 Å². The summed E-state index contributed by atoms with van der Waals surface area (Å²) in [5.41, 5.74) is 1.86. The van der Waals surface area contributed by atoms with Crippen LogP contribution in [0.5, 0.6) is 0 Å². The quantitative estimate of drug-likeness (QED) is 0.714. The van der Waals surface area contributed by atoms with E-state index in [0.717, 1.165) is 21.1 Å². The molecule has 0 unspecified atom stereocenters. The van der Waals surface area contributed by atoms with E-state index in [1.54, 1.807) is 12.4 Å². The Kier molecular flexibility index (Phi) is 3.31. The third-order valence-electron chi connectivity index (χ3n) is 2.58. The average molecular weight is 336 g/mol. The fourth-order valence-electron chi connectivity index (χ4n) is 1.72. The summed E-state index contributed by atoms with van der Waals surface area (Å²) in [6, 6.07) is 9.82. The molecule has 0 amide bonds. The van der Waals surface area contributed by atoms with Crippen LogP contribution in [0.4, 0.5) is 11.5 Å². The summed E-state index contributed by atoms with van der Waals surface area (Å²) in [6.45, 7) is 0. The summed E-state index contributed by atoms with van der Waals surface area (Å²) in [5, 5.41) is 4.46. The van der Waals surface area contributed by atoms with Crippen molar-refractivity contribution < 1.29 is 0 Å². The first-order chi connectivity index (χ1) is 9.22. The maximum Gasteiger partial charge on any atom is 0.224 e. The molecule has 6 heteroatoms. The van der Waals surface area contributed by atoms with Gasteiger partial charge in [0.25, 0.3) is 0 Å². The van der Waals surface area contributed by atoms with Gasteiger partial charge in [0.1, 0.15) is 5.82 Å². The van der Waals surface area contributed by atoms with E-state index in [4.69, 9.17) is 11.6 Å². The number of halogens is 2. The number of benzene rings is 1. The van der Waals surface area contributed by atoms with Crippen molar-refractivity contribution in [3.63, 3.8) is 0 Å². The molecule has 0 saturated heterocycles. The van der Waals surface area contributed by atoms with Gasteiger partial charge in [0.2, 0.25) is 5.28 Å². The molecular formula is C13H8BrClN4. The molecule has 2 heterocycles. The number of pyridine rings is 1. The lowest BCUT2D eigenvalue weighted by molar-refractivity contribution is 1.15.